The maximum atomic E-state index is 13.6. The summed E-state index contributed by atoms with van der Waals surface area (Å²) in [5.41, 5.74) is 5.30. The normalized spacial score (nSPS) is 20.7. The number of halogens is 3. The largest absolute Gasteiger partial charge is 0.416 e. The molecule has 4 nitrogen and oxygen atoms in total. The molecule has 0 N–H and O–H groups in total. The Morgan fingerprint density at radius 3 is 2.39 bits per heavy atom. The molecule has 1 aliphatic heterocycles. The molecule has 3 aliphatic rings. The standard InChI is InChI=1S/C26H22F3N3O/c1-31-24(18-10-8-16(15-30)9-11-18)23-21(17-12-13-17)6-3-7-22(23)32(25(31)33)20-5-2-4-19(14-20)26(27,28)29/h2,4-5,8-11,14,24H,3,6-7,12-13H2,1H3. The molecule has 5 rings (SSSR count). The second kappa shape index (κ2) is 7.80. The van der Waals surface area contributed by atoms with Gasteiger partial charge < -0.3 is 4.90 Å². The second-order valence-electron chi connectivity index (χ2n) is 8.71. The van der Waals surface area contributed by atoms with Crippen molar-refractivity contribution < 1.29 is 18.0 Å². The highest BCUT2D eigenvalue weighted by molar-refractivity contribution is 5.98. The van der Waals surface area contributed by atoms with Crippen LogP contribution in [-0.4, -0.2) is 18.0 Å². The Balaban J connectivity index is 1.70. The smallest absolute Gasteiger partial charge is 0.316 e. The zero-order chi connectivity index (χ0) is 23.3. The first-order chi connectivity index (χ1) is 15.8. The number of amides is 2. The van der Waals surface area contributed by atoms with Crippen molar-refractivity contribution in [1.29, 1.82) is 5.26 Å². The Bertz CT molecular complexity index is 1230. The molecule has 0 radical (unpaired) electrons. The molecular weight excluding hydrogens is 427 g/mol. The van der Waals surface area contributed by atoms with Gasteiger partial charge in [-0.1, -0.05) is 23.8 Å². The fourth-order valence-corrected chi connectivity index (χ4v) is 4.96. The maximum Gasteiger partial charge on any atom is 0.416 e. The van der Waals surface area contributed by atoms with Gasteiger partial charge in [-0.3, -0.25) is 4.90 Å². The summed E-state index contributed by atoms with van der Waals surface area (Å²) < 4.78 is 40.2. The first-order valence-corrected chi connectivity index (χ1v) is 11.0. The third-order valence-electron chi connectivity index (χ3n) is 6.61. The number of hydrogen-bond donors (Lipinski definition) is 0. The van der Waals surface area contributed by atoms with Gasteiger partial charge in [0.05, 0.1) is 28.9 Å². The van der Waals surface area contributed by atoms with E-state index < -0.39 is 11.7 Å². The summed E-state index contributed by atoms with van der Waals surface area (Å²) in [6.45, 7) is 0. The molecule has 0 bridgehead atoms. The van der Waals surface area contributed by atoms with Gasteiger partial charge in [-0.15, -0.1) is 0 Å². The van der Waals surface area contributed by atoms with E-state index in [1.165, 1.54) is 22.1 Å². The molecule has 1 saturated carbocycles. The number of carbonyl (C=O) groups excluding carboxylic acids is 1. The van der Waals surface area contributed by atoms with Crippen molar-refractivity contribution in [2.45, 2.75) is 44.3 Å². The Morgan fingerprint density at radius 1 is 1.03 bits per heavy atom. The van der Waals surface area contributed by atoms with Crippen LogP contribution in [0.1, 0.15) is 54.8 Å². The highest BCUT2D eigenvalue weighted by Gasteiger charge is 2.43. The summed E-state index contributed by atoms with van der Waals surface area (Å²) in [5, 5.41) is 9.17. The van der Waals surface area contributed by atoms with E-state index in [1.807, 2.05) is 12.1 Å². The van der Waals surface area contributed by atoms with Gasteiger partial charge in [0, 0.05) is 18.3 Å². The van der Waals surface area contributed by atoms with Gasteiger partial charge in [-0.25, -0.2) is 4.79 Å². The van der Waals surface area contributed by atoms with Crippen LogP contribution in [0.25, 0.3) is 0 Å². The second-order valence-corrected chi connectivity index (χ2v) is 8.71. The minimum Gasteiger partial charge on any atom is -0.316 e. The lowest BCUT2D eigenvalue weighted by atomic mass is 9.80. The minimum absolute atomic E-state index is 0.231. The fraction of sp³-hybridized carbons (Fsp3) is 0.308. The van der Waals surface area contributed by atoms with Crippen LogP contribution >= 0.6 is 0 Å². The van der Waals surface area contributed by atoms with Crippen LogP contribution in [0.3, 0.4) is 0 Å². The molecule has 1 unspecified atom stereocenters. The number of urea groups is 1. The van der Waals surface area contributed by atoms with Crippen LogP contribution in [-0.2, 0) is 6.18 Å². The number of benzene rings is 2. The van der Waals surface area contributed by atoms with Crippen LogP contribution in [0, 0.1) is 11.3 Å². The average Bonchev–Trinajstić information content (AvgIpc) is 3.65. The number of alkyl halides is 3. The predicted octanol–water partition coefficient (Wildman–Crippen LogP) is 6.72. The van der Waals surface area contributed by atoms with Gasteiger partial charge in [-0.2, -0.15) is 18.4 Å². The van der Waals surface area contributed by atoms with Crippen LogP contribution < -0.4 is 4.90 Å². The van der Waals surface area contributed by atoms with Crippen molar-refractivity contribution in [2.24, 2.45) is 0 Å². The Labute approximate surface area is 190 Å². The quantitative estimate of drug-likeness (QED) is 0.511. The van der Waals surface area contributed by atoms with Crippen molar-refractivity contribution in [3.8, 4) is 6.07 Å². The van der Waals surface area contributed by atoms with Gasteiger partial charge in [0.1, 0.15) is 0 Å². The van der Waals surface area contributed by atoms with Crippen molar-refractivity contribution in [2.75, 3.05) is 11.9 Å². The van der Waals surface area contributed by atoms with Gasteiger partial charge in [0.15, 0.2) is 0 Å². The van der Waals surface area contributed by atoms with Crippen LogP contribution in [0.5, 0.6) is 0 Å². The lowest BCUT2D eigenvalue weighted by molar-refractivity contribution is -0.137. The summed E-state index contributed by atoms with van der Waals surface area (Å²) in [6, 6.07) is 13.6. The highest BCUT2D eigenvalue weighted by Crippen LogP contribution is 2.51. The maximum absolute atomic E-state index is 13.6. The number of hydrogen-bond acceptors (Lipinski definition) is 2. The minimum atomic E-state index is -4.49. The average molecular weight is 449 g/mol. The molecule has 0 aromatic heterocycles. The van der Waals surface area contributed by atoms with Crippen LogP contribution in [0.2, 0.25) is 0 Å². The monoisotopic (exact) mass is 449 g/mol. The van der Waals surface area contributed by atoms with E-state index in [1.54, 1.807) is 30.1 Å². The van der Waals surface area contributed by atoms with Gasteiger partial charge in [0.2, 0.25) is 0 Å². The zero-order valence-electron chi connectivity index (χ0n) is 18.1. The Hall–Kier alpha value is -3.53. The van der Waals surface area contributed by atoms with E-state index in [0.717, 1.165) is 54.6 Å². The van der Waals surface area contributed by atoms with Gasteiger partial charge in [0.25, 0.3) is 0 Å². The molecule has 2 aliphatic carbocycles. The lowest BCUT2D eigenvalue weighted by Crippen LogP contribution is -2.49. The van der Waals surface area contributed by atoms with Gasteiger partial charge >= 0.3 is 12.2 Å². The number of carbonyl (C=O) groups is 1. The first kappa shape index (κ1) is 21.3. The predicted molar refractivity (Wildman–Crippen MR) is 118 cm³/mol. The Morgan fingerprint density at radius 2 is 1.76 bits per heavy atom. The number of anilines is 1. The van der Waals surface area contributed by atoms with E-state index in [-0.39, 0.29) is 17.8 Å². The molecule has 2 amide bonds. The molecule has 1 heterocycles. The number of rotatable bonds is 2. The van der Waals surface area contributed by atoms with Crippen molar-refractivity contribution >= 4 is 11.7 Å². The number of likely N-dealkylation sites (N-methyl/N-ethyl adjacent to an activating group) is 1. The number of allylic oxidation sites excluding steroid dienone is 2. The molecule has 33 heavy (non-hydrogen) atoms. The topological polar surface area (TPSA) is 47.3 Å². The van der Waals surface area contributed by atoms with E-state index in [4.69, 9.17) is 5.26 Å². The summed E-state index contributed by atoms with van der Waals surface area (Å²) in [4.78, 5) is 16.7. The highest BCUT2D eigenvalue weighted by atomic mass is 19.4. The lowest BCUT2D eigenvalue weighted by Gasteiger charge is -2.45. The van der Waals surface area contributed by atoms with E-state index in [2.05, 4.69) is 6.07 Å². The molecule has 7 heteroatoms. The SMILES string of the molecule is CN1C(=O)N(c2cccc(C(F)(F)F)c2)C2=C(C(=C3CC3)CCC2)C1c1ccc(C#N)cc1. The van der Waals surface area contributed by atoms with Gasteiger partial charge in [-0.05, 0) is 73.6 Å². The summed E-state index contributed by atoms with van der Waals surface area (Å²) in [5.74, 6) is 0. The summed E-state index contributed by atoms with van der Waals surface area (Å²) in [7, 11) is 1.69. The molecule has 1 atom stereocenters. The molecule has 1 fully saturated rings. The molecule has 0 saturated heterocycles. The van der Waals surface area contributed by atoms with E-state index in [0.29, 0.717) is 12.0 Å². The molecule has 2 aromatic carbocycles. The van der Waals surface area contributed by atoms with Crippen molar-refractivity contribution in [3.05, 3.63) is 87.6 Å². The molecule has 168 valence electrons. The summed E-state index contributed by atoms with van der Waals surface area (Å²) >= 11 is 0. The molecule has 0 spiro atoms. The molecular formula is C26H22F3N3O. The van der Waals surface area contributed by atoms with Crippen molar-refractivity contribution in [1.82, 2.24) is 4.90 Å². The fourth-order valence-electron chi connectivity index (χ4n) is 4.96. The van der Waals surface area contributed by atoms with Crippen LogP contribution in [0.4, 0.5) is 23.7 Å². The zero-order valence-corrected chi connectivity index (χ0v) is 18.1. The Kier molecular flexibility index (Phi) is 5.04. The number of nitriles is 1. The third-order valence-corrected chi connectivity index (χ3v) is 6.61. The summed E-state index contributed by atoms with van der Waals surface area (Å²) in [6.07, 6.45) is -0.0735. The third kappa shape index (κ3) is 3.70. The van der Waals surface area contributed by atoms with Crippen LogP contribution in [0.15, 0.2) is 70.9 Å². The van der Waals surface area contributed by atoms with E-state index in [9.17, 15) is 18.0 Å². The molecule has 2 aromatic rings. The van der Waals surface area contributed by atoms with E-state index >= 15 is 0 Å². The first-order valence-electron chi connectivity index (χ1n) is 11.0. The van der Waals surface area contributed by atoms with Crippen molar-refractivity contribution in [3.63, 3.8) is 0 Å². The number of nitrogens with zero attached hydrogens (tertiary/aromatic N) is 3.